The van der Waals surface area contributed by atoms with Crippen LogP contribution in [0.4, 0.5) is 0 Å². The van der Waals surface area contributed by atoms with Crippen molar-refractivity contribution in [2.45, 2.75) is 44.1 Å². The molecule has 1 heterocycles. The van der Waals surface area contributed by atoms with Crippen molar-refractivity contribution in [3.63, 3.8) is 0 Å². The quantitative estimate of drug-likeness (QED) is 0.706. The molecule has 0 saturated heterocycles. The maximum absolute atomic E-state index is 12.5. The lowest BCUT2D eigenvalue weighted by Crippen LogP contribution is -2.50. The molecule has 1 fully saturated rings. The van der Waals surface area contributed by atoms with E-state index in [0.717, 1.165) is 19.3 Å². The lowest BCUT2D eigenvalue weighted by molar-refractivity contribution is -0.124. The Hall–Kier alpha value is -2.95. The Bertz CT molecular complexity index is 1010. The number of benzene rings is 2. The van der Waals surface area contributed by atoms with Gasteiger partial charge in [-0.2, -0.15) is 0 Å². The van der Waals surface area contributed by atoms with Crippen LogP contribution in [-0.4, -0.2) is 15.9 Å². The summed E-state index contributed by atoms with van der Waals surface area (Å²) < 4.78 is 0. The average Bonchev–Trinajstić information content (AvgIpc) is 2.65. The van der Waals surface area contributed by atoms with Gasteiger partial charge in [0.05, 0.1) is 16.4 Å². The van der Waals surface area contributed by atoms with Crippen molar-refractivity contribution in [2.24, 2.45) is 0 Å². The minimum Gasteiger partial charge on any atom is -0.347 e. The van der Waals surface area contributed by atoms with Crippen LogP contribution in [0.2, 0.25) is 0 Å². The number of rotatable bonds is 6. The fraction of sp³-hybridized carbons (Fsp3) is 0.318. The minimum atomic E-state index is -0.201. The zero-order valence-electron chi connectivity index (χ0n) is 15.2. The molecule has 138 valence electrons. The minimum absolute atomic E-state index is 0.0571. The third-order valence-electron chi connectivity index (χ3n) is 5.39. The molecule has 1 aliphatic carbocycles. The van der Waals surface area contributed by atoms with E-state index in [0.29, 0.717) is 36.0 Å². The molecule has 1 aromatic heterocycles. The number of fused-ring (bicyclic) bond motifs is 1. The summed E-state index contributed by atoms with van der Waals surface area (Å²) in [5, 5.41) is 3.83. The molecule has 3 aromatic rings. The number of hydrogen-bond donors (Lipinski definition) is 2. The van der Waals surface area contributed by atoms with Gasteiger partial charge in [-0.05, 0) is 43.4 Å². The van der Waals surface area contributed by atoms with Crippen LogP contribution in [0, 0.1) is 0 Å². The summed E-state index contributed by atoms with van der Waals surface area (Å²) in [5.41, 5.74) is 1.55. The summed E-state index contributed by atoms with van der Waals surface area (Å²) in [4.78, 5) is 31.9. The first-order valence-corrected chi connectivity index (χ1v) is 9.51. The standard InChI is InChI=1S/C22H23N3O2/c26-20(25-22(14-7-15-22)16-8-2-1-3-9-16)13-6-12-19-23-18-11-5-4-10-17(18)21(27)24-19/h1-5,8-11H,6-7,12-15H2,(H,25,26)(H,23,24,27). The molecule has 0 spiro atoms. The van der Waals surface area contributed by atoms with Gasteiger partial charge >= 0.3 is 0 Å². The van der Waals surface area contributed by atoms with Crippen molar-refractivity contribution >= 4 is 16.8 Å². The van der Waals surface area contributed by atoms with Gasteiger partial charge in [0.25, 0.3) is 5.56 Å². The number of carbonyl (C=O) groups excluding carboxylic acids is 1. The van der Waals surface area contributed by atoms with E-state index in [1.165, 1.54) is 5.56 Å². The maximum atomic E-state index is 12.5. The molecule has 1 amide bonds. The Morgan fingerprint density at radius 1 is 1.07 bits per heavy atom. The van der Waals surface area contributed by atoms with E-state index in [4.69, 9.17) is 0 Å². The van der Waals surface area contributed by atoms with Gasteiger partial charge in [-0.15, -0.1) is 0 Å². The second kappa shape index (κ2) is 7.35. The zero-order valence-corrected chi connectivity index (χ0v) is 15.2. The molecule has 5 nitrogen and oxygen atoms in total. The first kappa shape index (κ1) is 17.5. The predicted molar refractivity (Wildman–Crippen MR) is 105 cm³/mol. The summed E-state index contributed by atoms with van der Waals surface area (Å²) in [6.45, 7) is 0. The number of para-hydroxylation sites is 1. The third-order valence-corrected chi connectivity index (χ3v) is 5.39. The van der Waals surface area contributed by atoms with Crippen LogP contribution < -0.4 is 10.9 Å². The van der Waals surface area contributed by atoms with Gasteiger partial charge in [0.15, 0.2) is 0 Å². The Balaban J connectivity index is 1.37. The molecule has 27 heavy (non-hydrogen) atoms. The van der Waals surface area contributed by atoms with Gasteiger partial charge < -0.3 is 10.3 Å². The fourth-order valence-electron chi connectivity index (χ4n) is 3.77. The second-order valence-corrected chi connectivity index (χ2v) is 7.23. The highest BCUT2D eigenvalue weighted by atomic mass is 16.1. The smallest absolute Gasteiger partial charge is 0.258 e. The van der Waals surface area contributed by atoms with Crippen LogP contribution in [0.25, 0.3) is 10.9 Å². The van der Waals surface area contributed by atoms with E-state index in [-0.39, 0.29) is 17.0 Å². The third kappa shape index (κ3) is 3.63. The van der Waals surface area contributed by atoms with Crippen LogP contribution in [0.3, 0.4) is 0 Å². The van der Waals surface area contributed by atoms with E-state index in [2.05, 4.69) is 27.4 Å². The summed E-state index contributed by atoms with van der Waals surface area (Å²) in [7, 11) is 0. The Labute approximate surface area is 157 Å². The number of aryl methyl sites for hydroxylation is 1. The topological polar surface area (TPSA) is 74.8 Å². The normalized spacial score (nSPS) is 15.3. The highest BCUT2D eigenvalue weighted by molar-refractivity contribution is 5.78. The largest absolute Gasteiger partial charge is 0.347 e. The molecule has 0 atom stereocenters. The number of hydrogen-bond acceptors (Lipinski definition) is 3. The molecule has 1 saturated carbocycles. The molecule has 0 bridgehead atoms. The van der Waals surface area contributed by atoms with Gasteiger partial charge in [-0.1, -0.05) is 42.5 Å². The van der Waals surface area contributed by atoms with Crippen LogP contribution in [0.15, 0.2) is 59.4 Å². The van der Waals surface area contributed by atoms with Crippen molar-refractivity contribution < 1.29 is 4.79 Å². The average molecular weight is 361 g/mol. The zero-order chi connectivity index (χ0) is 18.7. The van der Waals surface area contributed by atoms with Crippen molar-refractivity contribution in [1.82, 2.24) is 15.3 Å². The van der Waals surface area contributed by atoms with Crippen molar-refractivity contribution in [2.75, 3.05) is 0 Å². The van der Waals surface area contributed by atoms with Crippen molar-refractivity contribution in [3.8, 4) is 0 Å². The molecule has 0 aliphatic heterocycles. The lowest BCUT2D eigenvalue weighted by atomic mass is 9.71. The van der Waals surface area contributed by atoms with E-state index in [1.807, 2.05) is 36.4 Å². The number of carbonyl (C=O) groups is 1. The fourth-order valence-corrected chi connectivity index (χ4v) is 3.77. The Morgan fingerprint density at radius 3 is 2.56 bits per heavy atom. The van der Waals surface area contributed by atoms with E-state index in [1.54, 1.807) is 6.07 Å². The molecule has 2 N–H and O–H groups in total. The van der Waals surface area contributed by atoms with Crippen LogP contribution in [0.1, 0.15) is 43.5 Å². The van der Waals surface area contributed by atoms with E-state index < -0.39 is 0 Å². The molecule has 0 radical (unpaired) electrons. The van der Waals surface area contributed by atoms with Crippen molar-refractivity contribution in [3.05, 3.63) is 76.3 Å². The summed E-state index contributed by atoms with van der Waals surface area (Å²) in [5.74, 6) is 0.689. The molecular formula is C22H23N3O2. The molecule has 1 aliphatic rings. The number of aromatic amines is 1. The lowest BCUT2D eigenvalue weighted by Gasteiger charge is -2.43. The second-order valence-electron chi connectivity index (χ2n) is 7.23. The number of nitrogens with zero attached hydrogens (tertiary/aromatic N) is 1. The molecule has 2 aromatic carbocycles. The van der Waals surface area contributed by atoms with Gasteiger partial charge in [0.2, 0.25) is 5.91 Å². The van der Waals surface area contributed by atoms with Crippen LogP contribution in [0.5, 0.6) is 0 Å². The number of amides is 1. The summed E-state index contributed by atoms with van der Waals surface area (Å²) in [6.07, 6.45) is 4.76. The summed E-state index contributed by atoms with van der Waals surface area (Å²) >= 11 is 0. The summed E-state index contributed by atoms with van der Waals surface area (Å²) in [6, 6.07) is 17.5. The number of nitrogens with one attached hydrogen (secondary N) is 2. The first-order chi connectivity index (χ1) is 13.2. The van der Waals surface area contributed by atoms with Gasteiger partial charge in [-0.3, -0.25) is 9.59 Å². The van der Waals surface area contributed by atoms with Gasteiger partial charge in [0.1, 0.15) is 5.82 Å². The highest BCUT2D eigenvalue weighted by Gasteiger charge is 2.39. The molecule has 0 unspecified atom stereocenters. The van der Waals surface area contributed by atoms with E-state index >= 15 is 0 Å². The van der Waals surface area contributed by atoms with Gasteiger partial charge in [-0.25, -0.2) is 4.98 Å². The monoisotopic (exact) mass is 361 g/mol. The predicted octanol–water partition coefficient (Wildman–Crippen LogP) is 3.44. The highest BCUT2D eigenvalue weighted by Crippen LogP contribution is 2.41. The Kier molecular flexibility index (Phi) is 4.75. The molecular weight excluding hydrogens is 338 g/mol. The first-order valence-electron chi connectivity index (χ1n) is 9.51. The van der Waals surface area contributed by atoms with Crippen LogP contribution >= 0.6 is 0 Å². The number of H-pyrrole nitrogens is 1. The Morgan fingerprint density at radius 2 is 1.81 bits per heavy atom. The van der Waals surface area contributed by atoms with Gasteiger partial charge in [0, 0.05) is 12.8 Å². The molecule has 5 heteroatoms. The molecule has 4 rings (SSSR count). The maximum Gasteiger partial charge on any atom is 0.258 e. The number of aromatic nitrogens is 2. The SMILES string of the molecule is O=C(CCCc1nc2ccccc2c(=O)[nH]1)NC1(c2ccccc2)CCC1. The van der Waals surface area contributed by atoms with Crippen LogP contribution in [-0.2, 0) is 16.8 Å². The van der Waals surface area contributed by atoms with Crippen molar-refractivity contribution in [1.29, 1.82) is 0 Å². The van der Waals surface area contributed by atoms with E-state index in [9.17, 15) is 9.59 Å².